The third-order valence-electron chi connectivity index (χ3n) is 8.09. The van der Waals surface area contributed by atoms with Crippen molar-refractivity contribution in [2.45, 2.75) is 94.2 Å². The molecule has 4 aliphatic rings. The van der Waals surface area contributed by atoms with Crippen LogP contribution in [0.4, 0.5) is 10.5 Å². The Hall–Kier alpha value is -2.08. The zero-order chi connectivity index (χ0) is 21.3. The topological polar surface area (TPSA) is 70.7 Å². The van der Waals surface area contributed by atoms with E-state index in [2.05, 4.69) is 21.6 Å². The van der Waals surface area contributed by atoms with Gasteiger partial charge in [0.1, 0.15) is 6.10 Å². The molecule has 1 saturated heterocycles. The number of hydrogen-bond donors (Lipinski definition) is 2. The molecule has 31 heavy (non-hydrogen) atoms. The molecule has 2 saturated carbocycles. The Bertz CT molecular complexity index is 812. The van der Waals surface area contributed by atoms with Crippen molar-refractivity contribution < 1.29 is 14.3 Å². The summed E-state index contributed by atoms with van der Waals surface area (Å²) >= 11 is 0. The fourth-order valence-electron chi connectivity index (χ4n) is 6.30. The highest BCUT2D eigenvalue weighted by Gasteiger charge is 2.48. The number of fused-ring (bicyclic) bond motifs is 2. The van der Waals surface area contributed by atoms with E-state index in [4.69, 9.17) is 4.74 Å². The number of nitrogens with one attached hydrogen (secondary N) is 2. The highest BCUT2D eigenvalue weighted by Crippen LogP contribution is 2.45. The van der Waals surface area contributed by atoms with Crippen LogP contribution in [0.3, 0.4) is 0 Å². The van der Waals surface area contributed by atoms with E-state index in [1.165, 1.54) is 31.2 Å². The second kappa shape index (κ2) is 8.81. The van der Waals surface area contributed by atoms with Gasteiger partial charge in [0, 0.05) is 17.8 Å². The molecule has 6 heteroatoms. The summed E-state index contributed by atoms with van der Waals surface area (Å²) < 4.78 is 5.64. The predicted octanol–water partition coefficient (Wildman–Crippen LogP) is 4.34. The highest BCUT2D eigenvalue weighted by atomic mass is 16.6. The van der Waals surface area contributed by atoms with Crippen molar-refractivity contribution in [2.75, 3.05) is 18.4 Å². The van der Waals surface area contributed by atoms with E-state index >= 15 is 0 Å². The lowest BCUT2D eigenvalue weighted by atomic mass is 9.73. The van der Waals surface area contributed by atoms with Crippen molar-refractivity contribution in [3.63, 3.8) is 0 Å². The number of carbonyl (C=O) groups is 2. The Morgan fingerprint density at radius 1 is 1.03 bits per heavy atom. The summed E-state index contributed by atoms with van der Waals surface area (Å²) in [5.41, 5.74) is 1.80. The number of hydrogen-bond acceptors (Lipinski definition) is 4. The van der Waals surface area contributed by atoms with Crippen LogP contribution in [-0.4, -0.2) is 48.2 Å². The molecule has 1 spiro atoms. The molecule has 0 radical (unpaired) electrons. The number of anilines is 1. The van der Waals surface area contributed by atoms with E-state index in [1.54, 1.807) is 0 Å². The molecule has 2 aliphatic carbocycles. The summed E-state index contributed by atoms with van der Waals surface area (Å²) in [4.78, 5) is 27.8. The maximum atomic E-state index is 12.9. The quantitative estimate of drug-likeness (QED) is 0.707. The molecular weight excluding hydrogens is 390 g/mol. The monoisotopic (exact) mass is 425 g/mol. The van der Waals surface area contributed by atoms with E-state index in [-0.39, 0.29) is 29.6 Å². The number of ether oxygens (including phenoxy) is 1. The zero-order valence-electron chi connectivity index (χ0n) is 18.4. The third kappa shape index (κ3) is 4.19. The number of carbonyl (C=O) groups excluding carboxylic acids is 2. The SMILES string of the molecule is O=C(NC1CCCCC(N2CCC3(CC2)C(=O)Nc2ccccc23)C1)OC1CCCC1. The Labute approximate surface area is 185 Å². The number of rotatable bonds is 3. The lowest BCUT2D eigenvalue weighted by Crippen LogP contribution is -2.51. The Kier molecular flexibility index (Phi) is 5.91. The van der Waals surface area contributed by atoms with Crippen LogP contribution in [0.1, 0.15) is 76.2 Å². The minimum absolute atomic E-state index is 0.111. The van der Waals surface area contributed by atoms with Crippen LogP contribution in [0.15, 0.2) is 24.3 Å². The average molecular weight is 426 g/mol. The third-order valence-corrected chi connectivity index (χ3v) is 8.09. The normalized spacial score (nSPS) is 28.7. The lowest BCUT2D eigenvalue weighted by Gasteiger charge is -2.42. The first kappa shape index (κ1) is 20.8. The van der Waals surface area contributed by atoms with Crippen molar-refractivity contribution in [3.8, 4) is 0 Å². The van der Waals surface area contributed by atoms with Crippen molar-refractivity contribution >= 4 is 17.7 Å². The molecule has 2 N–H and O–H groups in total. The standard InChI is InChI=1S/C25H35N3O3/c29-23-25(21-11-5-6-12-22(21)27-23)13-15-28(16-14-25)19-8-2-1-7-18(17-19)26-24(30)31-20-9-3-4-10-20/h5-6,11-12,18-20H,1-4,7-10,13-17H2,(H,26,30)(H,27,29). The summed E-state index contributed by atoms with van der Waals surface area (Å²) in [6, 6.07) is 8.82. The van der Waals surface area contributed by atoms with Crippen LogP contribution < -0.4 is 10.6 Å². The first-order chi connectivity index (χ1) is 15.1. The van der Waals surface area contributed by atoms with E-state index in [1.807, 2.05) is 18.2 Å². The summed E-state index contributed by atoms with van der Waals surface area (Å²) in [7, 11) is 0. The molecule has 2 unspecified atom stereocenters. The molecule has 1 aromatic carbocycles. The van der Waals surface area contributed by atoms with Crippen LogP contribution in [0.5, 0.6) is 0 Å². The summed E-state index contributed by atoms with van der Waals surface area (Å²) in [5.74, 6) is 0.170. The molecular formula is C25H35N3O3. The van der Waals surface area contributed by atoms with Gasteiger partial charge in [-0.2, -0.15) is 0 Å². The Balaban J connectivity index is 1.19. The van der Waals surface area contributed by atoms with Crippen molar-refractivity contribution in [1.82, 2.24) is 10.2 Å². The molecule has 2 heterocycles. The summed E-state index contributed by atoms with van der Waals surface area (Å²) in [5, 5.41) is 6.27. The van der Waals surface area contributed by atoms with Crippen molar-refractivity contribution in [3.05, 3.63) is 29.8 Å². The van der Waals surface area contributed by atoms with Gasteiger partial charge in [0.25, 0.3) is 0 Å². The average Bonchev–Trinajstić information content (AvgIpc) is 3.29. The molecule has 6 nitrogen and oxygen atoms in total. The minimum atomic E-state index is -0.361. The van der Waals surface area contributed by atoms with Crippen molar-refractivity contribution in [2.24, 2.45) is 0 Å². The van der Waals surface area contributed by atoms with Crippen LogP contribution in [0, 0.1) is 0 Å². The maximum absolute atomic E-state index is 12.9. The molecule has 168 valence electrons. The number of para-hydroxylation sites is 1. The van der Waals surface area contributed by atoms with Crippen LogP contribution in [-0.2, 0) is 14.9 Å². The van der Waals surface area contributed by atoms with Crippen molar-refractivity contribution in [1.29, 1.82) is 0 Å². The molecule has 3 fully saturated rings. The molecule has 2 amide bonds. The number of alkyl carbamates (subject to hydrolysis) is 1. The van der Waals surface area contributed by atoms with Gasteiger partial charge in [-0.25, -0.2) is 4.79 Å². The number of piperidine rings is 1. The van der Waals surface area contributed by atoms with Crippen LogP contribution in [0.2, 0.25) is 0 Å². The first-order valence-corrected chi connectivity index (χ1v) is 12.3. The molecule has 0 bridgehead atoms. The van der Waals surface area contributed by atoms with E-state index < -0.39 is 0 Å². The molecule has 0 aromatic heterocycles. The van der Waals surface area contributed by atoms with Gasteiger partial charge in [-0.3, -0.25) is 4.79 Å². The second-order valence-electron chi connectivity index (χ2n) is 9.94. The minimum Gasteiger partial charge on any atom is -0.446 e. The summed E-state index contributed by atoms with van der Waals surface area (Å²) in [6.45, 7) is 1.87. The number of likely N-dealkylation sites (tertiary alicyclic amines) is 1. The maximum Gasteiger partial charge on any atom is 0.407 e. The van der Waals surface area contributed by atoms with Crippen LogP contribution >= 0.6 is 0 Å². The van der Waals surface area contributed by atoms with Gasteiger partial charge in [0.2, 0.25) is 5.91 Å². The lowest BCUT2D eigenvalue weighted by molar-refractivity contribution is -0.122. The van der Waals surface area contributed by atoms with Crippen LogP contribution in [0.25, 0.3) is 0 Å². The van der Waals surface area contributed by atoms with Gasteiger partial charge in [-0.15, -0.1) is 0 Å². The van der Waals surface area contributed by atoms with Gasteiger partial charge in [0.15, 0.2) is 0 Å². The molecule has 2 atom stereocenters. The second-order valence-corrected chi connectivity index (χ2v) is 9.94. The van der Waals surface area contributed by atoms with E-state index in [0.29, 0.717) is 6.04 Å². The number of nitrogens with zero attached hydrogens (tertiary/aromatic N) is 1. The Morgan fingerprint density at radius 3 is 2.55 bits per heavy atom. The van der Waals surface area contributed by atoms with E-state index in [0.717, 1.165) is 63.7 Å². The zero-order valence-corrected chi connectivity index (χ0v) is 18.4. The fraction of sp³-hybridized carbons (Fsp3) is 0.680. The first-order valence-electron chi connectivity index (χ1n) is 12.3. The smallest absolute Gasteiger partial charge is 0.407 e. The highest BCUT2D eigenvalue weighted by molar-refractivity contribution is 6.06. The van der Waals surface area contributed by atoms with Gasteiger partial charge in [-0.1, -0.05) is 31.0 Å². The molecule has 5 rings (SSSR count). The predicted molar refractivity (Wildman–Crippen MR) is 120 cm³/mol. The van der Waals surface area contributed by atoms with Gasteiger partial charge in [0.05, 0.1) is 5.41 Å². The fourth-order valence-corrected chi connectivity index (χ4v) is 6.30. The largest absolute Gasteiger partial charge is 0.446 e. The molecule has 1 aromatic rings. The summed E-state index contributed by atoms with van der Waals surface area (Å²) in [6.07, 6.45) is 11.5. The van der Waals surface area contributed by atoms with E-state index in [9.17, 15) is 9.59 Å². The van der Waals surface area contributed by atoms with Gasteiger partial charge in [-0.05, 0) is 82.5 Å². The molecule has 2 aliphatic heterocycles. The van der Waals surface area contributed by atoms with Gasteiger partial charge >= 0.3 is 6.09 Å². The van der Waals surface area contributed by atoms with Gasteiger partial charge < -0.3 is 20.3 Å². The number of amides is 2. The Morgan fingerprint density at radius 2 is 1.74 bits per heavy atom. The number of benzene rings is 1.